The number of nitrogens with one attached hydrogen (secondary N) is 2. The number of ether oxygens (including phenoxy) is 2. The van der Waals surface area contributed by atoms with Crippen LogP contribution < -0.4 is 19.5 Å². The molecule has 0 spiro atoms. The van der Waals surface area contributed by atoms with Crippen molar-refractivity contribution in [3.05, 3.63) is 59.2 Å². The molecule has 1 heterocycles. The largest absolute Gasteiger partial charge is 0.493 e. The molecule has 0 aliphatic rings. The number of carbonyl (C=O) groups is 1. The van der Waals surface area contributed by atoms with E-state index in [9.17, 15) is 13.2 Å². The number of hydrogen-bond acceptors (Lipinski definition) is 8. The van der Waals surface area contributed by atoms with Crippen molar-refractivity contribution in [2.45, 2.75) is 17.7 Å². The standard InChI is InChI=1S/C20H22N4O5S2/c1-13-6-4-5-7-15(13)18(25)22-19-23-24-20(30-19)31(26,27)21-11-10-14-8-9-16(28-2)17(12-14)29-3/h4-9,12,21H,10-11H2,1-3H3,(H,22,23,25). The summed E-state index contributed by atoms with van der Waals surface area (Å²) in [6.45, 7) is 1.97. The van der Waals surface area contributed by atoms with E-state index in [1.54, 1.807) is 31.4 Å². The predicted octanol–water partition coefficient (Wildman–Crippen LogP) is 2.64. The number of rotatable bonds is 9. The van der Waals surface area contributed by atoms with Gasteiger partial charge in [-0.3, -0.25) is 10.1 Å². The van der Waals surface area contributed by atoms with E-state index in [2.05, 4.69) is 20.2 Å². The van der Waals surface area contributed by atoms with Gasteiger partial charge in [-0.2, -0.15) is 0 Å². The van der Waals surface area contributed by atoms with Gasteiger partial charge in [-0.15, -0.1) is 10.2 Å². The van der Waals surface area contributed by atoms with Crippen LogP contribution in [0.1, 0.15) is 21.5 Å². The Bertz CT molecular complexity index is 1180. The van der Waals surface area contributed by atoms with Crippen LogP contribution in [0.4, 0.5) is 5.13 Å². The average Bonchev–Trinajstić information content (AvgIpc) is 3.23. The van der Waals surface area contributed by atoms with Gasteiger partial charge in [-0.25, -0.2) is 13.1 Å². The third kappa shape index (κ3) is 5.57. The van der Waals surface area contributed by atoms with Crippen LogP contribution in [-0.2, 0) is 16.4 Å². The van der Waals surface area contributed by atoms with Crippen LogP contribution in [-0.4, -0.2) is 45.3 Å². The molecule has 1 aromatic heterocycles. The average molecular weight is 463 g/mol. The minimum Gasteiger partial charge on any atom is -0.493 e. The van der Waals surface area contributed by atoms with Gasteiger partial charge >= 0.3 is 0 Å². The van der Waals surface area contributed by atoms with Crippen LogP contribution in [0.3, 0.4) is 0 Å². The highest BCUT2D eigenvalue weighted by molar-refractivity contribution is 7.91. The second-order valence-electron chi connectivity index (χ2n) is 6.48. The Kier molecular flexibility index (Phi) is 7.21. The van der Waals surface area contributed by atoms with E-state index in [1.807, 2.05) is 25.1 Å². The van der Waals surface area contributed by atoms with Crippen molar-refractivity contribution >= 4 is 32.4 Å². The van der Waals surface area contributed by atoms with Crippen LogP contribution in [0, 0.1) is 6.92 Å². The van der Waals surface area contributed by atoms with Crippen molar-refractivity contribution in [2.75, 3.05) is 26.1 Å². The predicted molar refractivity (Wildman–Crippen MR) is 117 cm³/mol. The Morgan fingerprint density at radius 1 is 1.06 bits per heavy atom. The van der Waals surface area contributed by atoms with E-state index in [-0.39, 0.29) is 21.9 Å². The molecule has 0 aliphatic heterocycles. The first-order valence-corrected chi connectivity index (χ1v) is 11.5. The molecule has 2 N–H and O–H groups in total. The molecule has 0 unspecified atom stereocenters. The summed E-state index contributed by atoms with van der Waals surface area (Å²) in [6, 6.07) is 12.5. The smallest absolute Gasteiger partial charge is 0.269 e. The lowest BCUT2D eigenvalue weighted by molar-refractivity contribution is 0.102. The summed E-state index contributed by atoms with van der Waals surface area (Å²) in [5.74, 6) is 0.793. The molecule has 164 valence electrons. The van der Waals surface area contributed by atoms with Crippen LogP contribution in [0.25, 0.3) is 0 Å². The van der Waals surface area contributed by atoms with E-state index in [0.717, 1.165) is 22.5 Å². The van der Waals surface area contributed by atoms with Gasteiger partial charge in [-0.05, 0) is 42.7 Å². The number of hydrogen-bond donors (Lipinski definition) is 2. The summed E-state index contributed by atoms with van der Waals surface area (Å²) in [4.78, 5) is 12.4. The number of aryl methyl sites for hydroxylation is 1. The Labute approximate surface area is 184 Å². The van der Waals surface area contributed by atoms with Gasteiger partial charge < -0.3 is 9.47 Å². The molecule has 9 nitrogen and oxygen atoms in total. The van der Waals surface area contributed by atoms with Gasteiger partial charge in [0.25, 0.3) is 15.9 Å². The molecule has 11 heteroatoms. The molecule has 3 rings (SSSR count). The minimum absolute atomic E-state index is 0.105. The lowest BCUT2D eigenvalue weighted by Gasteiger charge is -2.09. The Hall–Kier alpha value is -3.02. The lowest BCUT2D eigenvalue weighted by Crippen LogP contribution is -2.26. The molecule has 0 atom stereocenters. The van der Waals surface area contributed by atoms with Gasteiger partial charge in [0.15, 0.2) is 11.5 Å². The number of amides is 1. The molecule has 3 aromatic rings. The topological polar surface area (TPSA) is 120 Å². The Balaban J connectivity index is 1.61. The van der Waals surface area contributed by atoms with E-state index < -0.39 is 10.0 Å². The zero-order chi connectivity index (χ0) is 22.4. The Morgan fingerprint density at radius 2 is 1.81 bits per heavy atom. The van der Waals surface area contributed by atoms with E-state index in [0.29, 0.717) is 23.5 Å². The molecule has 0 bridgehead atoms. The number of sulfonamides is 1. The van der Waals surface area contributed by atoms with E-state index in [4.69, 9.17) is 9.47 Å². The molecule has 0 saturated carbocycles. The molecule has 0 fully saturated rings. The normalized spacial score (nSPS) is 11.2. The van der Waals surface area contributed by atoms with E-state index >= 15 is 0 Å². The van der Waals surface area contributed by atoms with E-state index in [1.165, 1.54) is 7.11 Å². The quantitative estimate of drug-likeness (QED) is 0.469. The third-order valence-corrected chi connectivity index (χ3v) is 7.07. The zero-order valence-corrected chi connectivity index (χ0v) is 18.8. The highest BCUT2D eigenvalue weighted by atomic mass is 32.2. The maximum Gasteiger partial charge on any atom is 0.269 e. The fourth-order valence-corrected chi connectivity index (χ4v) is 4.76. The molecule has 2 aromatic carbocycles. The summed E-state index contributed by atoms with van der Waals surface area (Å²) in [5, 5.41) is 10.2. The lowest BCUT2D eigenvalue weighted by atomic mass is 10.1. The fraction of sp³-hybridized carbons (Fsp3) is 0.250. The highest BCUT2D eigenvalue weighted by Crippen LogP contribution is 2.27. The van der Waals surface area contributed by atoms with Gasteiger partial charge in [0.2, 0.25) is 9.47 Å². The van der Waals surface area contributed by atoms with Crippen molar-refractivity contribution < 1.29 is 22.7 Å². The van der Waals surface area contributed by atoms with Crippen LogP contribution in [0.5, 0.6) is 11.5 Å². The first-order chi connectivity index (χ1) is 14.8. The number of methoxy groups -OCH3 is 2. The van der Waals surface area contributed by atoms with Crippen molar-refractivity contribution in [1.82, 2.24) is 14.9 Å². The van der Waals surface area contributed by atoms with Crippen molar-refractivity contribution in [3.8, 4) is 11.5 Å². The first kappa shape index (κ1) is 22.7. The van der Waals surface area contributed by atoms with Gasteiger partial charge in [0.05, 0.1) is 14.2 Å². The Morgan fingerprint density at radius 3 is 2.52 bits per heavy atom. The zero-order valence-electron chi connectivity index (χ0n) is 17.2. The molecular weight excluding hydrogens is 440 g/mol. The van der Waals surface area contributed by atoms with Crippen molar-refractivity contribution in [3.63, 3.8) is 0 Å². The van der Waals surface area contributed by atoms with Crippen molar-refractivity contribution in [2.24, 2.45) is 0 Å². The molecule has 0 aliphatic carbocycles. The maximum absolute atomic E-state index is 12.5. The third-order valence-electron chi connectivity index (χ3n) is 4.40. The molecule has 0 radical (unpaired) electrons. The van der Waals surface area contributed by atoms with Crippen LogP contribution >= 0.6 is 11.3 Å². The summed E-state index contributed by atoms with van der Waals surface area (Å²) in [6.07, 6.45) is 0.440. The fourth-order valence-electron chi connectivity index (χ4n) is 2.79. The monoisotopic (exact) mass is 462 g/mol. The summed E-state index contributed by atoms with van der Waals surface area (Å²) >= 11 is 0.785. The van der Waals surface area contributed by atoms with Crippen molar-refractivity contribution in [1.29, 1.82) is 0 Å². The first-order valence-electron chi connectivity index (χ1n) is 9.25. The summed E-state index contributed by atoms with van der Waals surface area (Å²) in [7, 11) is -0.775. The molecule has 1 amide bonds. The highest BCUT2D eigenvalue weighted by Gasteiger charge is 2.21. The van der Waals surface area contributed by atoms with Gasteiger partial charge in [0, 0.05) is 12.1 Å². The SMILES string of the molecule is COc1ccc(CCNS(=O)(=O)c2nnc(NC(=O)c3ccccc3C)s2)cc1OC. The molecule has 0 saturated heterocycles. The minimum atomic E-state index is -3.86. The van der Waals surface area contributed by atoms with Gasteiger partial charge in [0.1, 0.15) is 0 Å². The number of anilines is 1. The summed E-state index contributed by atoms with van der Waals surface area (Å²) in [5.41, 5.74) is 2.16. The maximum atomic E-state index is 12.5. The van der Waals surface area contributed by atoms with Crippen LogP contribution in [0.2, 0.25) is 0 Å². The number of benzene rings is 2. The van der Waals surface area contributed by atoms with Crippen LogP contribution in [0.15, 0.2) is 46.8 Å². The van der Waals surface area contributed by atoms with Gasteiger partial charge in [-0.1, -0.05) is 35.6 Å². The molecule has 31 heavy (non-hydrogen) atoms. The number of carbonyl (C=O) groups excluding carboxylic acids is 1. The number of aromatic nitrogens is 2. The number of nitrogens with zero attached hydrogens (tertiary/aromatic N) is 2. The second kappa shape index (κ2) is 9.86. The summed E-state index contributed by atoms with van der Waals surface area (Å²) < 4.78 is 37.7. The molecular formula is C20H22N4O5S2. The second-order valence-corrected chi connectivity index (χ2v) is 9.40.